The van der Waals surface area contributed by atoms with Crippen molar-refractivity contribution in [1.29, 1.82) is 0 Å². The summed E-state index contributed by atoms with van der Waals surface area (Å²) in [6.45, 7) is 5.51. The molecule has 5 rings (SSSR count). The van der Waals surface area contributed by atoms with Crippen LogP contribution in [0.1, 0.15) is 86.5 Å². The van der Waals surface area contributed by atoms with Gasteiger partial charge in [0, 0.05) is 11.8 Å². The first-order valence-corrected chi connectivity index (χ1v) is 10.4. The van der Waals surface area contributed by atoms with Gasteiger partial charge in [-0.25, -0.2) is 19.0 Å². The molecule has 0 aliphatic heterocycles. The van der Waals surface area contributed by atoms with Crippen LogP contribution in [0.2, 0.25) is 0 Å². The van der Waals surface area contributed by atoms with E-state index < -0.39 is 5.67 Å². The van der Waals surface area contributed by atoms with E-state index in [9.17, 15) is 9.18 Å². The third kappa shape index (κ3) is 3.09. The normalized spacial score (nSPS) is 29.9. The molecular formula is C21H26FN5O2. The van der Waals surface area contributed by atoms with Crippen LogP contribution in [0.25, 0.3) is 11.0 Å². The van der Waals surface area contributed by atoms with Crippen LogP contribution in [-0.2, 0) is 0 Å². The van der Waals surface area contributed by atoms with Crippen LogP contribution < -0.4 is 5.56 Å². The van der Waals surface area contributed by atoms with E-state index in [1.807, 2.05) is 18.5 Å². The average molecular weight is 399 g/mol. The van der Waals surface area contributed by atoms with Crippen LogP contribution in [0.3, 0.4) is 0 Å². The fourth-order valence-corrected chi connectivity index (χ4v) is 4.62. The Balaban J connectivity index is 1.49. The molecule has 2 fully saturated rings. The Kier molecular flexibility index (Phi) is 4.15. The molecule has 7 nitrogen and oxygen atoms in total. The van der Waals surface area contributed by atoms with Crippen molar-refractivity contribution in [3.05, 3.63) is 39.7 Å². The number of nitrogens with zero attached hydrogens (tertiary/aromatic N) is 4. The summed E-state index contributed by atoms with van der Waals surface area (Å²) in [7, 11) is 0. The molecule has 2 aliphatic carbocycles. The maximum absolute atomic E-state index is 14.2. The molecule has 1 N–H and O–H groups in total. The number of hydrogen-bond acceptors (Lipinski definition) is 5. The van der Waals surface area contributed by atoms with Crippen LogP contribution in [0, 0.1) is 13.8 Å². The first-order valence-electron chi connectivity index (χ1n) is 10.4. The Bertz CT molecular complexity index is 1100. The lowest BCUT2D eigenvalue weighted by molar-refractivity contribution is 0.103. The summed E-state index contributed by atoms with van der Waals surface area (Å²) in [5.41, 5.74) is 0.216. The summed E-state index contributed by atoms with van der Waals surface area (Å²) >= 11 is 0. The molecule has 8 heteroatoms. The van der Waals surface area contributed by atoms with E-state index in [0.29, 0.717) is 42.5 Å². The first kappa shape index (κ1) is 18.5. The molecule has 0 amide bonds. The van der Waals surface area contributed by atoms with Gasteiger partial charge in [-0.1, -0.05) is 0 Å². The highest BCUT2D eigenvalue weighted by molar-refractivity contribution is 5.73. The fraction of sp³-hybridized carbons (Fsp3) is 0.619. The number of nitrogens with one attached hydrogen (secondary N) is 1. The average Bonchev–Trinajstić information content (AvgIpc) is 3.18. The van der Waals surface area contributed by atoms with Crippen molar-refractivity contribution >= 4 is 11.0 Å². The van der Waals surface area contributed by atoms with Gasteiger partial charge in [-0.2, -0.15) is 5.10 Å². The number of aromatic nitrogens is 5. The second-order valence-corrected chi connectivity index (χ2v) is 8.91. The van der Waals surface area contributed by atoms with E-state index in [-0.39, 0.29) is 23.4 Å². The van der Waals surface area contributed by atoms with Crippen LogP contribution in [-0.4, -0.2) is 30.4 Å². The van der Waals surface area contributed by atoms with E-state index in [0.717, 1.165) is 30.2 Å². The molecule has 2 saturated carbocycles. The van der Waals surface area contributed by atoms with Crippen molar-refractivity contribution in [3.8, 4) is 0 Å². The molecule has 3 aromatic heterocycles. The second-order valence-electron chi connectivity index (χ2n) is 8.91. The van der Waals surface area contributed by atoms with Gasteiger partial charge in [0.25, 0.3) is 5.56 Å². The molecule has 0 saturated heterocycles. The number of fused-ring (bicyclic) bond motifs is 1. The molecule has 2 atom stereocenters. The van der Waals surface area contributed by atoms with Crippen molar-refractivity contribution in [1.82, 2.24) is 24.7 Å². The highest BCUT2D eigenvalue weighted by atomic mass is 19.1. The summed E-state index contributed by atoms with van der Waals surface area (Å²) in [5.74, 6) is 2.43. The number of oxazole rings is 1. The molecule has 3 aromatic rings. The van der Waals surface area contributed by atoms with Crippen molar-refractivity contribution in [2.24, 2.45) is 0 Å². The third-order valence-corrected chi connectivity index (χ3v) is 6.81. The summed E-state index contributed by atoms with van der Waals surface area (Å²) in [4.78, 5) is 25.0. The number of halogens is 1. The second kappa shape index (κ2) is 6.50. The molecule has 29 heavy (non-hydrogen) atoms. The monoisotopic (exact) mass is 399 g/mol. The standard InChI is InChI=1S/C21H26FN5O2/c1-11-12(2)29-20(24-11)15-5-4-14(15)17-25-18-16(19(28)26-17)10-23-27(18)13-6-8-21(3,22)9-7-13/h10,13-15H,4-9H2,1-3H3,(H,25,26,28)/t13?,14-,15+,21?/m0/s1. The molecule has 0 aromatic carbocycles. The zero-order chi connectivity index (χ0) is 20.3. The van der Waals surface area contributed by atoms with E-state index in [4.69, 9.17) is 9.40 Å². The summed E-state index contributed by atoms with van der Waals surface area (Å²) in [5, 5.41) is 4.93. The highest BCUT2D eigenvalue weighted by Gasteiger charge is 2.39. The zero-order valence-electron chi connectivity index (χ0n) is 17.0. The maximum Gasteiger partial charge on any atom is 0.262 e. The number of alkyl halides is 1. The SMILES string of the molecule is Cc1nc([C@@H]2CC[C@@H]2c2nc3c(cnn3C3CCC(C)(F)CC3)c(=O)[nH]2)oc1C. The predicted octanol–water partition coefficient (Wildman–Crippen LogP) is 4.23. The lowest BCUT2D eigenvalue weighted by Gasteiger charge is -2.33. The van der Waals surface area contributed by atoms with Gasteiger partial charge in [0.05, 0.1) is 17.9 Å². The van der Waals surface area contributed by atoms with Crippen LogP contribution in [0.4, 0.5) is 4.39 Å². The largest absolute Gasteiger partial charge is 0.445 e. The van der Waals surface area contributed by atoms with Crippen LogP contribution in [0.5, 0.6) is 0 Å². The molecule has 0 radical (unpaired) electrons. The Morgan fingerprint density at radius 3 is 2.52 bits per heavy atom. The number of hydrogen-bond donors (Lipinski definition) is 1. The Hall–Kier alpha value is -2.51. The smallest absolute Gasteiger partial charge is 0.262 e. The van der Waals surface area contributed by atoms with Gasteiger partial charge in [-0.15, -0.1) is 0 Å². The topological polar surface area (TPSA) is 89.6 Å². The predicted molar refractivity (Wildman–Crippen MR) is 106 cm³/mol. The molecule has 3 heterocycles. The Morgan fingerprint density at radius 2 is 1.90 bits per heavy atom. The van der Waals surface area contributed by atoms with Gasteiger partial charge >= 0.3 is 0 Å². The number of aromatic amines is 1. The maximum atomic E-state index is 14.2. The lowest BCUT2D eigenvalue weighted by atomic mass is 9.73. The van der Waals surface area contributed by atoms with E-state index >= 15 is 0 Å². The molecule has 2 aliphatic rings. The van der Waals surface area contributed by atoms with Crippen LogP contribution in [0.15, 0.2) is 15.4 Å². The quantitative estimate of drug-likeness (QED) is 0.712. The molecule has 154 valence electrons. The minimum atomic E-state index is -1.11. The van der Waals surface area contributed by atoms with Crippen molar-refractivity contribution in [2.45, 2.75) is 82.8 Å². The van der Waals surface area contributed by atoms with Gasteiger partial charge in [-0.05, 0) is 59.3 Å². The van der Waals surface area contributed by atoms with Gasteiger partial charge in [0.15, 0.2) is 11.5 Å². The lowest BCUT2D eigenvalue weighted by Crippen LogP contribution is -2.29. The van der Waals surface area contributed by atoms with E-state index in [1.54, 1.807) is 13.1 Å². The summed E-state index contributed by atoms with van der Waals surface area (Å²) < 4.78 is 21.9. The number of aryl methyl sites for hydroxylation is 2. The number of rotatable bonds is 3. The van der Waals surface area contributed by atoms with Gasteiger partial charge in [-0.3, -0.25) is 4.79 Å². The van der Waals surface area contributed by atoms with Crippen molar-refractivity contribution in [2.75, 3.05) is 0 Å². The third-order valence-electron chi connectivity index (χ3n) is 6.81. The Labute approximate surface area is 167 Å². The number of H-pyrrole nitrogens is 1. The first-order chi connectivity index (χ1) is 13.8. The van der Waals surface area contributed by atoms with Crippen LogP contribution >= 0.6 is 0 Å². The Morgan fingerprint density at radius 1 is 1.17 bits per heavy atom. The fourth-order valence-electron chi connectivity index (χ4n) is 4.62. The summed E-state index contributed by atoms with van der Waals surface area (Å²) in [6, 6.07) is 0.0766. The van der Waals surface area contributed by atoms with Crippen molar-refractivity contribution in [3.63, 3.8) is 0 Å². The van der Waals surface area contributed by atoms with Crippen molar-refractivity contribution < 1.29 is 8.81 Å². The van der Waals surface area contributed by atoms with Gasteiger partial charge in [0.1, 0.15) is 22.6 Å². The minimum Gasteiger partial charge on any atom is -0.445 e. The molecule has 0 spiro atoms. The molecule has 0 unspecified atom stereocenters. The van der Waals surface area contributed by atoms with Gasteiger partial charge < -0.3 is 9.40 Å². The molecule has 0 bridgehead atoms. The summed E-state index contributed by atoms with van der Waals surface area (Å²) in [6.07, 6.45) is 5.88. The highest BCUT2D eigenvalue weighted by Crippen LogP contribution is 2.48. The van der Waals surface area contributed by atoms with E-state index in [1.165, 1.54) is 0 Å². The van der Waals surface area contributed by atoms with Gasteiger partial charge in [0.2, 0.25) is 0 Å². The zero-order valence-corrected chi connectivity index (χ0v) is 17.0. The molecular weight excluding hydrogens is 373 g/mol. The minimum absolute atomic E-state index is 0.0766. The van der Waals surface area contributed by atoms with E-state index in [2.05, 4.69) is 15.1 Å².